The van der Waals surface area contributed by atoms with Crippen LogP contribution >= 0.6 is 0 Å². The van der Waals surface area contributed by atoms with Gasteiger partial charge in [0.2, 0.25) is 12.7 Å². The van der Waals surface area contributed by atoms with Gasteiger partial charge in [0.15, 0.2) is 23.0 Å². The lowest BCUT2D eigenvalue weighted by atomic mass is 10.1. The zero-order chi connectivity index (χ0) is 23.5. The minimum atomic E-state index is 0.198. The van der Waals surface area contributed by atoms with Crippen molar-refractivity contribution in [2.24, 2.45) is 0 Å². The highest BCUT2D eigenvalue weighted by atomic mass is 16.7. The smallest absolute Gasteiger partial charge is 0.231 e. The van der Waals surface area contributed by atoms with Crippen LogP contribution in [-0.2, 0) is 17.8 Å². The van der Waals surface area contributed by atoms with Gasteiger partial charge in [0.05, 0.1) is 14.2 Å². The van der Waals surface area contributed by atoms with Crippen LogP contribution in [0.15, 0.2) is 36.4 Å². The summed E-state index contributed by atoms with van der Waals surface area (Å²) in [6, 6.07) is 11.8. The number of ether oxygens (including phenoxy) is 4. The topological polar surface area (TPSA) is 57.2 Å². The highest BCUT2D eigenvalue weighted by Gasteiger charge is 2.18. The molecule has 0 unspecified atom stereocenters. The monoisotopic (exact) mass is 455 g/mol. The molecule has 0 bridgehead atoms. The van der Waals surface area contributed by atoms with Gasteiger partial charge in [-0.1, -0.05) is 51.2 Å². The molecule has 1 heterocycles. The first-order chi connectivity index (χ1) is 16.1. The van der Waals surface area contributed by atoms with Gasteiger partial charge in [0.1, 0.15) is 0 Å². The predicted octanol–water partition coefficient (Wildman–Crippen LogP) is 5.75. The lowest BCUT2D eigenvalue weighted by Gasteiger charge is -2.23. The Kier molecular flexibility index (Phi) is 9.73. The molecular formula is C27H37NO5. The molecule has 0 saturated heterocycles. The van der Waals surface area contributed by atoms with Crippen molar-refractivity contribution in [1.82, 2.24) is 4.90 Å². The third-order valence-electron chi connectivity index (χ3n) is 6.03. The number of nitrogens with zero attached hydrogens (tertiary/aromatic N) is 1. The normalized spacial score (nSPS) is 12.0. The molecule has 0 fully saturated rings. The molecule has 0 aromatic heterocycles. The van der Waals surface area contributed by atoms with Crippen LogP contribution in [-0.4, -0.2) is 38.4 Å². The lowest BCUT2D eigenvalue weighted by molar-refractivity contribution is -0.131. The summed E-state index contributed by atoms with van der Waals surface area (Å²) in [5.74, 6) is 3.11. The van der Waals surface area contributed by atoms with E-state index < -0.39 is 0 Å². The van der Waals surface area contributed by atoms with Crippen LogP contribution in [0, 0.1) is 0 Å². The number of carbonyl (C=O) groups excluding carboxylic acids is 1. The summed E-state index contributed by atoms with van der Waals surface area (Å²) in [5, 5.41) is 0. The van der Waals surface area contributed by atoms with Crippen LogP contribution in [0.25, 0.3) is 0 Å². The second-order valence-corrected chi connectivity index (χ2v) is 8.46. The van der Waals surface area contributed by atoms with Gasteiger partial charge in [-0.3, -0.25) is 4.79 Å². The quantitative estimate of drug-likeness (QED) is 0.339. The number of fused-ring (bicyclic) bond motifs is 1. The molecule has 0 saturated carbocycles. The summed E-state index contributed by atoms with van der Waals surface area (Å²) in [6.45, 7) is 3.66. The fraction of sp³-hybridized carbons (Fsp3) is 0.519. The van der Waals surface area contributed by atoms with E-state index in [0.29, 0.717) is 31.0 Å². The average Bonchev–Trinajstić information content (AvgIpc) is 3.31. The number of unbranched alkanes of at least 4 members (excludes halogenated alkanes) is 5. The third kappa shape index (κ3) is 7.31. The Morgan fingerprint density at radius 3 is 2.39 bits per heavy atom. The molecule has 0 aliphatic carbocycles. The van der Waals surface area contributed by atoms with E-state index >= 15 is 0 Å². The molecule has 180 valence electrons. The van der Waals surface area contributed by atoms with Crippen LogP contribution < -0.4 is 18.9 Å². The first-order valence-electron chi connectivity index (χ1n) is 12.0. The fourth-order valence-electron chi connectivity index (χ4n) is 4.07. The molecule has 0 N–H and O–H groups in total. The number of benzene rings is 2. The second kappa shape index (κ2) is 13.0. The molecule has 2 aromatic rings. The number of carbonyl (C=O) groups is 1. The largest absolute Gasteiger partial charge is 0.493 e. The Morgan fingerprint density at radius 2 is 1.61 bits per heavy atom. The number of hydrogen-bond donors (Lipinski definition) is 0. The minimum Gasteiger partial charge on any atom is -0.493 e. The van der Waals surface area contributed by atoms with E-state index in [2.05, 4.69) is 6.92 Å². The van der Waals surface area contributed by atoms with Crippen LogP contribution in [0.5, 0.6) is 23.0 Å². The lowest BCUT2D eigenvalue weighted by Crippen LogP contribution is -2.32. The van der Waals surface area contributed by atoms with E-state index in [1.165, 1.54) is 25.7 Å². The highest BCUT2D eigenvalue weighted by molar-refractivity contribution is 5.76. The first-order valence-corrected chi connectivity index (χ1v) is 12.0. The Bertz CT molecular complexity index is 898. The summed E-state index contributed by atoms with van der Waals surface area (Å²) < 4.78 is 21.7. The van der Waals surface area contributed by atoms with E-state index in [1.807, 2.05) is 41.3 Å². The summed E-state index contributed by atoms with van der Waals surface area (Å²) in [5.41, 5.74) is 2.15. The van der Waals surface area contributed by atoms with Crippen LogP contribution in [0.2, 0.25) is 0 Å². The summed E-state index contributed by atoms with van der Waals surface area (Å²) in [6.07, 6.45) is 8.35. The molecule has 2 aromatic carbocycles. The van der Waals surface area contributed by atoms with Crippen LogP contribution in [0.3, 0.4) is 0 Å². The van der Waals surface area contributed by atoms with Gasteiger partial charge < -0.3 is 23.8 Å². The number of amides is 1. The maximum atomic E-state index is 13.1. The highest BCUT2D eigenvalue weighted by Crippen LogP contribution is 2.33. The molecule has 3 rings (SSSR count). The Labute approximate surface area is 197 Å². The zero-order valence-corrected chi connectivity index (χ0v) is 20.2. The van der Waals surface area contributed by atoms with Gasteiger partial charge >= 0.3 is 0 Å². The molecule has 6 nitrogen and oxygen atoms in total. The maximum Gasteiger partial charge on any atom is 0.231 e. The van der Waals surface area contributed by atoms with Crippen LogP contribution in [0.1, 0.15) is 63.0 Å². The van der Waals surface area contributed by atoms with Crippen molar-refractivity contribution in [3.63, 3.8) is 0 Å². The van der Waals surface area contributed by atoms with Gasteiger partial charge in [0, 0.05) is 19.5 Å². The van der Waals surface area contributed by atoms with Gasteiger partial charge in [-0.05, 0) is 48.2 Å². The molecule has 1 amide bonds. The molecular weight excluding hydrogens is 418 g/mol. The van der Waals surface area contributed by atoms with Crippen molar-refractivity contribution in [2.75, 3.05) is 27.6 Å². The average molecular weight is 456 g/mol. The first kappa shape index (κ1) is 24.7. The van der Waals surface area contributed by atoms with Crippen LogP contribution in [0.4, 0.5) is 0 Å². The van der Waals surface area contributed by atoms with Gasteiger partial charge in [-0.2, -0.15) is 0 Å². The standard InChI is InChI=1S/C27H37NO5/c1-4-5-6-7-8-9-10-27(29)28(19-22-12-14-24-26(18-22)33-20-32-24)16-15-21-11-13-23(30-2)25(17-21)31-3/h11-14,17-18H,4-10,15-16,19-20H2,1-3H3. The predicted molar refractivity (Wildman–Crippen MR) is 129 cm³/mol. The Morgan fingerprint density at radius 1 is 0.879 bits per heavy atom. The second-order valence-electron chi connectivity index (χ2n) is 8.46. The van der Waals surface area contributed by atoms with Gasteiger partial charge in [-0.15, -0.1) is 0 Å². The van der Waals surface area contributed by atoms with Crippen molar-refractivity contribution in [1.29, 1.82) is 0 Å². The van der Waals surface area contributed by atoms with E-state index in [1.54, 1.807) is 14.2 Å². The molecule has 1 aliphatic heterocycles. The third-order valence-corrected chi connectivity index (χ3v) is 6.03. The van der Waals surface area contributed by atoms with Gasteiger partial charge in [0.25, 0.3) is 0 Å². The summed E-state index contributed by atoms with van der Waals surface area (Å²) in [7, 11) is 3.27. The Balaban J connectivity index is 1.63. The molecule has 6 heteroatoms. The summed E-state index contributed by atoms with van der Waals surface area (Å²) >= 11 is 0. The molecule has 1 aliphatic rings. The van der Waals surface area contributed by atoms with E-state index in [0.717, 1.165) is 41.9 Å². The Hall–Kier alpha value is -2.89. The molecule has 0 spiro atoms. The molecule has 0 radical (unpaired) electrons. The van der Waals surface area contributed by atoms with Crippen molar-refractivity contribution >= 4 is 5.91 Å². The number of hydrogen-bond acceptors (Lipinski definition) is 5. The van der Waals surface area contributed by atoms with Crippen molar-refractivity contribution < 1.29 is 23.7 Å². The van der Waals surface area contributed by atoms with E-state index in [4.69, 9.17) is 18.9 Å². The van der Waals surface area contributed by atoms with E-state index in [-0.39, 0.29) is 12.7 Å². The van der Waals surface area contributed by atoms with Crippen molar-refractivity contribution in [3.8, 4) is 23.0 Å². The number of rotatable bonds is 14. The minimum absolute atomic E-state index is 0.198. The number of methoxy groups -OCH3 is 2. The molecule has 33 heavy (non-hydrogen) atoms. The van der Waals surface area contributed by atoms with Crippen molar-refractivity contribution in [3.05, 3.63) is 47.5 Å². The maximum absolute atomic E-state index is 13.1. The zero-order valence-electron chi connectivity index (χ0n) is 20.2. The SMILES string of the molecule is CCCCCCCCC(=O)N(CCc1ccc(OC)c(OC)c1)Cc1ccc2c(c1)OCO2. The van der Waals surface area contributed by atoms with Gasteiger partial charge in [-0.25, -0.2) is 0 Å². The van der Waals surface area contributed by atoms with Crippen molar-refractivity contribution in [2.45, 2.75) is 64.8 Å². The fourth-order valence-corrected chi connectivity index (χ4v) is 4.07. The van der Waals surface area contributed by atoms with E-state index in [9.17, 15) is 4.79 Å². The summed E-state index contributed by atoms with van der Waals surface area (Å²) in [4.78, 5) is 15.1. The molecule has 0 atom stereocenters.